The molecule has 3 heteroatoms. The van der Waals surface area contributed by atoms with Crippen LogP contribution in [0.2, 0.25) is 0 Å². The van der Waals surface area contributed by atoms with E-state index in [0.29, 0.717) is 0 Å². The Morgan fingerprint density at radius 2 is 2.15 bits per heavy atom. The summed E-state index contributed by atoms with van der Waals surface area (Å²) >= 11 is 2.10. The Bertz CT molecular complexity index is 115. The summed E-state index contributed by atoms with van der Waals surface area (Å²) in [5.74, 6) is 3.67. The van der Waals surface area contributed by atoms with E-state index in [1.54, 1.807) is 7.11 Å². The summed E-state index contributed by atoms with van der Waals surface area (Å²) in [5.41, 5.74) is 0. The number of ether oxygens (including phenoxy) is 1. The van der Waals surface area contributed by atoms with E-state index in [1.165, 1.54) is 30.9 Å². The van der Waals surface area contributed by atoms with Crippen molar-refractivity contribution < 1.29 is 4.74 Å². The third-order valence-electron chi connectivity index (χ3n) is 2.48. The molecule has 0 bridgehead atoms. The molecule has 1 aliphatic heterocycles. The molecule has 0 unspecified atom stereocenters. The van der Waals surface area contributed by atoms with Crippen molar-refractivity contribution in [2.75, 3.05) is 38.3 Å². The lowest BCUT2D eigenvalue weighted by Gasteiger charge is -2.21. The summed E-state index contributed by atoms with van der Waals surface area (Å²) in [7, 11) is 1.76. The minimum Gasteiger partial charge on any atom is -0.385 e. The minimum atomic E-state index is 0.882. The van der Waals surface area contributed by atoms with Gasteiger partial charge in [-0.3, -0.25) is 0 Å². The number of methoxy groups -OCH3 is 1. The molecule has 1 saturated heterocycles. The van der Waals surface area contributed by atoms with Crippen molar-refractivity contribution in [1.29, 1.82) is 0 Å². The molecular weight excluding hydrogens is 182 g/mol. The highest BCUT2D eigenvalue weighted by molar-refractivity contribution is 7.99. The zero-order valence-corrected chi connectivity index (χ0v) is 9.37. The summed E-state index contributed by atoms with van der Waals surface area (Å²) in [5, 5.41) is 3.50. The van der Waals surface area contributed by atoms with Crippen LogP contribution in [0, 0.1) is 5.92 Å². The first kappa shape index (κ1) is 11.3. The van der Waals surface area contributed by atoms with E-state index < -0.39 is 0 Å². The maximum absolute atomic E-state index is 4.99. The van der Waals surface area contributed by atoms with Crippen LogP contribution in [0.1, 0.15) is 19.3 Å². The predicted octanol–water partition coefficient (Wildman–Crippen LogP) is 1.76. The highest BCUT2D eigenvalue weighted by Crippen LogP contribution is 2.21. The van der Waals surface area contributed by atoms with Crippen LogP contribution >= 0.6 is 11.8 Å². The number of nitrogens with one attached hydrogen (secondary N) is 1. The average molecular weight is 203 g/mol. The Balaban J connectivity index is 1.86. The Kier molecular flexibility index (Phi) is 6.68. The number of rotatable bonds is 6. The summed E-state index contributed by atoms with van der Waals surface area (Å²) in [6.45, 7) is 3.20. The van der Waals surface area contributed by atoms with Crippen molar-refractivity contribution in [3.05, 3.63) is 0 Å². The second kappa shape index (κ2) is 7.65. The fourth-order valence-electron chi connectivity index (χ4n) is 1.60. The first-order valence-corrected chi connectivity index (χ1v) is 6.36. The molecule has 0 aliphatic carbocycles. The molecule has 0 spiro atoms. The standard InChI is InChI=1S/C10H21NOS/c1-12-6-2-5-11-9-10-3-7-13-8-4-10/h10-11H,2-9H2,1H3. The monoisotopic (exact) mass is 203 g/mol. The normalized spacial score (nSPS) is 19.2. The lowest BCUT2D eigenvalue weighted by molar-refractivity contribution is 0.193. The SMILES string of the molecule is COCCCNCC1CCSCC1. The quantitative estimate of drug-likeness (QED) is 0.665. The Morgan fingerprint density at radius 3 is 2.85 bits per heavy atom. The molecule has 0 aromatic rings. The maximum atomic E-state index is 4.99. The van der Waals surface area contributed by atoms with Crippen molar-refractivity contribution >= 4 is 11.8 Å². The fourth-order valence-corrected chi connectivity index (χ4v) is 2.80. The lowest BCUT2D eigenvalue weighted by atomic mass is 10.0. The van der Waals surface area contributed by atoms with Crippen LogP contribution in [0.25, 0.3) is 0 Å². The van der Waals surface area contributed by atoms with E-state index in [4.69, 9.17) is 4.74 Å². The van der Waals surface area contributed by atoms with E-state index in [1.807, 2.05) is 0 Å². The van der Waals surface area contributed by atoms with Crippen LogP contribution < -0.4 is 5.32 Å². The molecule has 1 N–H and O–H groups in total. The van der Waals surface area contributed by atoms with Gasteiger partial charge in [-0.15, -0.1) is 0 Å². The van der Waals surface area contributed by atoms with Crippen molar-refractivity contribution in [2.24, 2.45) is 5.92 Å². The number of thioether (sulfide) groups is 1. The molecule has 1 fully saturated rings. The topological polar surface area (TPSA) is 21.3 Å². The summed E-state index contributed by atoms with van der Waals surface area (Å²) in [4.78, 5) is 0. The molecule has 0 atom stereocenters. The van der Waals surface area contributed by atoms with E-state index in [2.05, 4.69) is 17.1 Å². The van der Waals surface area contributed by atoms with E-state index in [-0.39, 0.29) is 0 Å². The van der Waals surface area contributed by atoms with Gasteiger partial charge in [0.1, 0.15) is 0 Å². The van der Waals surface area contributed by atoms with Crippen molar-refractivity contribution in [2.45, 2.75) is 19.3 Å². The summed E-state index contributed by atoms with van der Waals surface area (Å²) in [6.07, 6.45) is 3.95. The van der Waals surface area contributed by atoms with Crippen LogP contribution in [-0.2, 0) is 4.74 Å². The van der Waals surface area contributed by atoms with E-state index in [9.17, 15) is 0 Å². The van der Waals surface area contributed by atoms with Gasteiger partial charge in [-0.2, -0.15) is 11.8 Å². The van der Waals surface area contributed by atoms with Gasteiger partial charge in [0.25, 0.3) is 0 Å². The highest BCUT2D eigenvalue weighted by atomic mass is 32.2. The Labute approximate surface area is 85.8 Å². The molecule has 0 aromatic carbocycles. The third kappa shape index (κ3) is 5.55. The lowest BCUT2D eigenvalue weighted by Crippen LogP contribution is -2.26. The van der Waals surface area contributed by atoms with Gasteiger partial charge < -0.3 is 10.1 Å². The molecule has 78 valence electrons. The summed E-state index contributed by atoms with van der Waals surface area (Å²) in [6, 6.07) is 0. The smallest absolute Gasteiger partial charge is 0.0474 e. The molecule has 0 radical (unpaired) electrons. The van der Waals surface area contributed by atoms with Gasteiger partial charge in [0.05, 0.1) is 0 Å². The van der Waals surface area contributed by atoms with Crippen LogP contribution in [0.15, 0.2) is 0 Å². The molecule has 0 amide bonds. The second-order valence-corrected chi connectivity index (χ2v) is 4.83. The summed E-state index contributed by atoms with van der Waals surface area (Å²) < 4.78 is 4.99. The van der Waals surface area contributed by atoms with Gasteiger partial charge in [-0.1, -0.05) is 0 Å². The van der Waals surface area contributed by atoms with Gasteiger partial charge in [0, 0.05) is 13.7 Å². The molecular formula is C10H21NOS. The van der Waals surface area contributed by atoms with Crippen molar-refractivity contribution in [3.8, 4) is 0 Å². The Morgan fingerprint density at radius 1 is 1.38 bits per heavy atom. The molecule has 13 heavy (non-hydrogen) atoms. The van der Waals surface area contributed by atoms with Crippen molar-refractivity contribution in [3.63, 3.8) is 0 Å². The largest absolute Gasteiger partial charge is 0.385 e. The van der Waals surface area contributed by atoms with Crippen LogP contribution in [0.4, 0.5) is 0 Å². The molecule has 0 aromatic heterocycles. The van der Waals surface area contributed by atoms with E-state index >= 15 is 0 Å². The molecule has 0 saturated carbocycles. The maximum Gasteiger partial charge on any atom is 0.0474 e. The van der Waals surface area contributed by atoms with E-state index in [0.717, 1.165) is 25.5 Å². The first-order valence-electron chi connectivity index (χ1n) is 5.21. The molecule has 1 aliphatic rings. The van der Waals surface area contributed by atoms with Crippen molar-refractivity contribution in [1.82, 2.24) is 5.32 Å². The fraction of sp³-hybridized carbons (Fsp3) is 1.00. The molecule has 2 nitrogen and oxygen atoms in total. The third-order valence-corrected chi connectivity index (χ3v) is 3.52. The molecule has 1 heterocycles. The second-order valence-electron chi connectivity index (χ2n) is 3.61. The number of hydrogen-bond acceptors (Lipinski definition) is 3. The van der Waals surface area contributed by atoms with Crippen LogP contribution in [0.5, 0.6) is 0 Å². The van der Waals surface area contributed by atoms with Gasteiger partial charge >= 0.3 is 0 Å². The zero-order chi connectivity index (χ0) is 9.36. The average Bonchev–Trinajstić information content (AvgIpc) is 2.19. The minimum absolute atomic E-state index is 0.882. The zero-order valence-electron chi connectivity index (χ0n) is 8.55. The van der Waals surface area contributed by atoms with Gasteiger partial charge in [-0.25, -0.2) is 0 Å². The predicted molar refractivity (Wildman–Crippen MR) is 59.4 cm³/mol. The van der Waals surface area contributed by atoms with Crippen LogP contribution in [-0.4, -0.2) is 38.3 Å². The molecule has 1 rings (SSSR count). The first-order chi connectivity index (χ1) is 6.43. The van der Waals surface area contributed by atoms with Gasteiger partial charge in [0.15, 0.2) is 0 Å². The number of hydrogen-bond donors (Lipinski definition) is 1. The van der Waals surface area contributed by atoms with Gasteiger partial charge in [-0.05, 0) is 49.8 Å². The highest BCUT2D eigenvalue weighted by Gasteiger charge is 2.12. The van der Waals surface area contributed by atoms with Gasteiger partial charge in [0.2, 0.25) is 0 Å². The van der Waals surface area contributed by atoms with Crippen LogP contribution in [0.3, 0.4) is 0 Å². The Hall–Kier alpha value is 0.270.